The Morgan fingerprint density at radius 1 is 1.26 bits per heavy atom. The van der Waals surface area contributed by atoms with Gasteiger partial charge in [0.05, 0.1) is 5.69 Å². The first-order valence-corrected chi connectivity index (χ1v) is 6.70. The molecular formula is C13H8ClFINO2. The van der Waals surface area contributed by atoms with E-state index < -0.39 is 11.9 Å². The number of carbonyl (C=O) groups excluding carboxylic acids is 1. The molecule has 0 unspecified atom stereocenters. The third-order valence-electron chi connectivity index (χ3n) is 2.20. The van der Waals surface area contributed by atoms with Crippen LogP contribution in [-0.4, -0.2) is 6.09 Å². The van der Waals surface area contributed by atoms with Crippen LogP contribution >= 0.6 is 34.2 Å². The number of para-hydroxylation sites is 1. The molecule has 3 nitrogen and oxygen atoms in total. The summed E-state index contributed by atoms with van der Waals surface area (Å²) in [5.41, 5.74) is 0.509. The molecule has 19 heavy (non-hydrogen) atoms. The Morgan fingerprint density at radius 3 is 2.74 bits per heavy atom. The summed E-state index contributed by atoms with van der Waals surface area (Å²) < 4.78 is 19.0. The van der Waals surface area contributed by atoms with Gasteiger partial charge < -0.3 is 4.74 Å². The van der Waals surface area contributed by atoms with Crippen molar-refractivity contribution in [3.8, 4) is 5.75 Å². The van der Waals surface area contributed by atoms with Crippen molar-refractivity contribution in [2.45, 2.75) is 0 Å². The number of rotatable bonds is 2. The highest BCUT2D eigenvalue weighted by atomic mass is 127. The van der Waals surface area contributed by atoms with Gasteiger partial charge in [-0.15, -0.1) is 0 Å². The maximum absolute atomic E-state index is 13.3. The largest absolute Gasteiger partial charge is 0.417 e. The molecule has 0 spiro atoms. The fourth-order valence-electron chi connectivity index (χ4n) is 1.36. The van der Waals surface area contributed by atoms with Crippen LogP contribution in [0.3, 0.4) is 0 Å². The summed E-state index contributed by atoms with van der Waals surface area (Å²) in [6.45, 7) is 0. The Kier molecular flexibility index (Phi) is 4.60. The van der Waals surface area contributed by atoms with Gasteiger partial charge in [-0.1, -0.05) is 23.7 Å². The third-order valence-corrected chi connectivity index (χ3v) is 3.38. The molecule has 1 N–H and O–H groups in total. The predicted octanol–water partition coefficient (Wildman–Crippen LogP) is 4.69. The molecule has 6 heteroatoms. The second-order valence-electron chi connectivity index (χ2n) is 3.57. The minimum Gasteiger partial charge on any atom is -0.407 e. The lowest BCUT2D eigenvalue weighted by molar-refractivity contribution is 0.213. The zero-order valence-electron chi connectivity index (χ0n) is 9.49. The number of benzene rings is 2. The summed E-state index contributed by atoms with van der Waals surface area (Å²) in [6, 6.07) is 10.7. The number of carbonyl (C=O) groups is 1. The molecule has 2 aromatic rings. The second-order valence-corrected chi connectivity index (χ2v) is 5.17. The van der Waals surface area contributed by atoms with E-state index in [1.165, 1.54) is 18.2 Å². The van der Waals surface area contributed by atoms with E-state index in [1.807, 2.05) is 22.6 Å². The number of nitrogens with one attached hydrogen (secondary N) is 1. The van der Waals surface area contributed by atoms with E-state index in [0.717, 1.165) is 3.57 Å². The van der Waals surface area contributed by atoms with E-state index in [9.17, 15) is 9.18 Å². The molecule has 0 heterocycles. The van der Waals surface area contributed by atoms with Crippen LogP contribution in [0.2, 0.25) is 5.02 Å². The van der Waals surface area contributed by atoms with Crippen LogP contribution in [0.1, 0.15) is 0 Å². The van der Waals surface area contributed by atoms with Crippen molar-refractivity contribution in [1.29, 1.82) is 0 Å². The predicted molar refractivity (Wildman–Crippen MR) is 80.2 cm³/mol. The monoisotopic (exact) mass is 391 g/mol. The first-order chi connectivity index (χ1) is 9.06. The average molecular weight is 392 g/mol. The third kappa shape index (κ3) is 3.81. The average Bonchev–Trinajstić information content (AvgIpc) is 2.37. The first kappa shape index (κ1) is 14.1. The van der Waals surface area contributed by atoms with Crippen molar-refractivity contribution >= 4 is 46.0 Å². The van der Waals surface area contributed by atoms with Crippen LogP contribution < -0.4 is 10.1 Å². The maximum Gasteiger partial charge on any atom is 0.417 e. The Morgan fingerprint density at radius 2 is 2.00 bits per heavy atom. The zero-order valence-corrected chi connectivity index (χ0v) is 12.4. The van der Waals surface area contributed by atoms with E-state index in [1.54, 1.807) is 24.3 Å². The smallest absolute Gasteiger partial charge is 0.407 e. The van der Waals surface area contributed by atoms with Crippen molar-refractivity contribution in [3.63, 3.8) is 0 Å². The molecule has 0 atom stereocenters. The molecule has 0 aliphatic heterocycles. The number of hydrogen-bond acceptors (Lipinski definition) is 2. The van der Waals surface area contributed by atoms with Gasteiger partial charge in [-0.05, 0) is 52.9 Å². The number of amides is 1. The molecule has 0 aliphatic carbocycles. The number of hydrogen-bond donors (Lipinski definition) is 1. The molecule has 0 aliphatic rings. The summed E-state index contributed by atoms with van der Waals surface area (Å²) in [5, 5.41) is 2.99. The van der Waals surface area contributed by atoms with Crippen LogP contribution in [0.15, 0.2) is 42.5 Å². The Bertz CT molecular complexity index is 621. The van der Waals surface area contributed by atoms with Crippen molar-refractivity contribution in [3.05, 3.63) is 56.9 Å². The molecule has 0 radical (unpaired) electrons. The molecule has 0 aromatic heterocycles. The summed E-state index contributed by atoms with van der Waals surface area (Å²) in [5.74, 6) is -0.726. The molecular weight excluding hydrogens is 384 g/mol. The molecule has 0 saturated carbocycles. The summed E-state index contributed by atoms with van der Waals surface area (Å²) in [6.07, 6.45) is -0.773. The van der Waals surface area contributed by atoms with Crippen LogP contribution in [-0.2, 0) is 0 Å². The van der Waals surface area contributed by atoms with Gasteiger partial charge >= 0.3 is 6.09 Å². The fourth-order valence-corrected chi connectivity index (χ4v) is 2.00. The molecule has 2 rings (SSSR count). The van der Waals surface area contributed by atoms with Crippen molar-refractivity contribution in [2.24, 2.45) is 0 Å². The van der Waals surface area contributed by atoms with E-state index in [2.05, 4.69) is 5.32 Å². The van der Waals surface area contributed by atoms with Crippen molar-refractivity contribution in [1.82, 2.24) is 0 Å². The van der Waals surface area contributed by atoms with Gasteiger partial charge in [0.25, 0.3) is 0 Å². The highest BCUT2D eigenvalue weighted by Crippen LogP contribution is 2.23. The highest BCUT2D eigenvalue weighted by Gasteiger charge is 2.10. The van der Waals surface area contributed by atoms with Crippen molar-refractivity contribution in [2.75, 3.05) is 5.32 Å². The zero-order chi connectivity index (χ0) is 13.8. The molecule has 0 bridgehead atoms. The van der Waals surface area contributed by atoms with Gasteiger partial charge in [0.15, 0.2) is 11.6 Å². The quantitative estimate of drug-likeness (QED) is 0.754. The van der Waals surface area contributed by atoms with Crippen LogP contribution in [0.4, 0.5) is 14.9 Å². The second kappa shape index (κ2) is 6.21. The van der Waals surface area contributed by atoms with E-state index in [0.29, 0.717) is 10.7 Å². The van der Waals surface area contributed by atoms with Gasteiger partial charge in [-0.2, -0.15) is 0 Å². The van der Waals surface area contributed by atoms with Gasteiger partial charge in [0, 0.05) is 8.59 Å². The summed E-state index contributed by atoms with van der Waals surface area (Å²) >= 11 is 7.88. The minimum atomic E-state index is -0.773. The summed E-state index contributed by atoms with van der Waals surface area (Å²) in [7, 11) is 0. The number of anilines is 1. The van der Waals surface area contributed by atoms with Gasteiger partial charge in [0.2, 0.25) is 0 Å². The standard InChI is InChI=1S/C13H8ClFINO2/c14-8-5-6-10(16)11(7-8)17-13(18)19-12-4-2-1-3-9(12)15/h1-7H,(H,17,18). The number of ether oxygens (including phenoxy) is 1. The van der Waals surface area contributed by atoms with Gasteiger partial charge in [-0.25, -0.2) is 9.18 Å². The lowest BCUT2D eigenvalue weighted by atomic mass is 10.3. The van der Waals surface area contributed by atoms with Crippen LogP contribution in [0.25, 0.3) is 0 Å². The number of halogens is 3. The lowest BCUT2D eigenvalue weighted by Gasteiger charge is -2.09. The van der Waals surface area contributed by atoms with E-state index in [4.69, 9.17) is 16.3 Å². The first-order valence-electron chi connectivity index (χ1n) is 5.24. The molecule has 0 saturated heterocycles. The molecule has 2 aromatic carbocycles. The SMILES string of the molecule is O=C(Nc1cc(Cl)ccc1I)Oc1ccccc1F. The molecule has 98 valence electrons. The topological polar surface area (TPSA) is 38.3 Å². The normalized spacial score (nSPS) is 10.1. The van der Waals surface area contributed by atoms with E-state index >= 15 is 0 Å². The summed E-state index contributed by atoms with van der Waals surface area (Å²) in [4.78, 5) is 11.7. The maximum atomic E-state index is 13.3. The Labute approximate surface area is 127 Å². The van der Waals surface area contributed by atoms with Crippen LogP contribution in [0, 0.1) is 9.39 Å². The molecule has 1 amide bonds. The van der Waals surface area contributed by atoms with Gasteiger partial charge in [0.1, 0.15) is 0 Å². The van der Waals surface area contributed by atoms with Crippen molar-refractivity contribution < 1.29 is 13.9 Å². The van der Waals surface area contributed by atoms with Crippen LogP contribution in [0.5, 0.6) is 5.75 Å². The lowest BCUT2D eigenvalue weighted by Crippen LogP contribution is -2.18. The molecule has 0 fully saturated rings. The Balaban J connectivity index is 2.10. The minimum absolute atomic E-state index is 0.128. The van der Waals surface area contributed by atoms with E-state index in [-0.39, 0.29) is 5.75 Å². The fraction of sp³-hybridized carbons (Fsp3) is 0. The highest BCUT2D eigenvalue weighted by molar-refractivity contribution is 14.1. The van der Waals surface area contributed by atoms with Gasteiger partial charge in [-0.3, -0.25) is 5.32 Å². The Hall–Kier alpha value is -1.34.